The van der Waals surface area contributed by atoms with E-state index in [-0.39, 0.29) is 17.4 Å². The number of aromatic amines is 1. The maximum atomic E-state index is 11.9. The van der Waals surface area contributed by atoms with Crippen molar-refractivity contribution in [2.24, 2.45) is 0 Å². The number of aromatic hydroxyl groups is 1. The molecule has 1 heterocycles. The van der Waals surface area contributed by atoms with Crippen molar-refractivity contribution in [2.45, 2.75) is 5.16 Å². The Morgan fingerprint density at radius 3 is 2.90 bits per heavy atom. The number of imidazole rings is 1. The number of rotatable bonds is 4. The number of aromatic nitrogens is 2. The Labute approximate surface area is 125 Å². The van der Waals surface area contributed by atoms with E-state index < -0.39 is 0 Å². The second kappa shape index (κ2) is 5.88. The predicted molar refractivity (Wildman–Crippen MR) is 83.6 cm³/mol. The molecule has 6 heteroatoms. The number of carbonyl (C=O) groups is 1. The van der Waals surface area contributed by atoms with Crippen LogP contribution < -0.4 is 5.32 Å². The van der Waals surface area contributed by atoms with Gasteiger partial charge in [0.2, 0.25) is 5.91 Å². The number of para-hydroxylation sites is 2. The van der Waals surface area contributed by atoms with E-state index in [4.69, 9.17) is 0 Å². The van der Waals surface area contributed by atoms with E-state index in [0.29, 0.717) is 10.8 Å². The molecule has 0 spiro atoms. The summed E-state index contributed by atoms with van der Waals surface area (Å²) in [4.78, 5) is 19.4. The minimum absolute atomic E-state index is 0.123. The maximum Gasteiger partial charge on any atom is 0.234 e. The van der Waals surface area contributed by atoms with Crippen molar-refractivity contribution in [3.05, 3.63) is 48.5 Å². The Kier molecular flexibility index (Phi) is 3.79. The van der Waals surface area contributed by atoms with Crippen LogP contribution in [0.25, 0.3) is 11.0 Å². The van der Waals surface area contributed by atoms with Crippen molar-refractivity contribution in [2.75, 3.05) is 11.1 Å². The number of phenols is 1. The summed E-state index contributed by atoms with van der Waals surface area (Å²) in [6.07, 6.45) is 0. The van der Waals surface area contributed by atoms with E-state index in [2.05, 4.69) is 15.3 Å². The van der Waals surface area contributed by atoms with E-state index in [1.807, 2.05) is 24.3 Å². The SMILES string of the molecule is O=C(CSc1nc2ccccc2[nH]1)Nc1cccc(O)c1. The second-order valence-corrected chi connectivity index (χ2v) is 5.41. The molecule has 3 aromatic rings. The van der Waals surface area contributed by atoms with Gasteiger partial charge in [-0.1, -0.05) is 30.0 Å². The van der Waals surface area contributed by atoms with Crippen LogP contribution >= 0.6 is 11.8 Å². The molecule has 21 heavy (non-hydrogen) atoms. The molecule has 0 unspecified atom stereocenters. The van der Waals surface area contributed by atoms with Crippen LogP contribution in [0.4, 0.5) is 5.69 Å². The fourth-order valence-electron chi connectivity index (χ4n) is 1.91. The van der Waals surface area contributed by atoms with Crippen LogP contribution in [0.2, 0.25) is 0 Å². The molecule has 3 N–H and O–H groups in total. The molecule has 2 aromatic carbocycles. The van der Waals surface area contributed by atoms with Gasteiger partial charge in [0.15, 0.2) is 5.16 Å². The smallest absolute Gasteiger partial charge is 0.234 e. The van der Waals surface area contributed by atoms with E-state index >= 15 is 0 Å². The van der Waals surface area contributed by atoms with Crippen molar-refractivity contribution < 1.29 is 9.90 Å². The number of carbonyl (C=O) groups excluding carboxylic acids is 1. The highest BCUT2D eigenvalue weighted by molar-refractivity contribution is 7.99. The highest BCUT2D eigenvalue weighted by atomic mass is 32.2. The molecule has 0 fully saturated rings. The van der Waals surface area contributed by atoms with Gasteiger partial charge in [-0.3, -0.25) is 4.79 Å². The quantitative estimate of drug-likeness (QED) is 0.647. The van der Waals surface area contributed by atoms with Gasteiger partial charge in [0, 0.05) is 11.8 Å². The summed E-state index contributed by atoms with van der Waals surface area (Å²) < 4.78 is 0. The van der Waals surface area contributed by atoms with Crippen molar-refractivity contribution in [3.8, 4) is 5.75 Å². The van der Waals surface area contributed by atoms with Crippen molar-refractivity contribution in [1.82, 2.24) is 9.97 Å². The lowest BCUT2D eigenvalue weighted by Gasteiger charge is -2.04. The molecule has 0 saturated carbocycles. The lowest BCUT2D eigenvalue weighted by molar-refractivity contribution is -0.113. The lowest BCUT2D eigenvalue weighted by atomic mass is 10.3. The molecule has 0 radical (unpaired) electrons. The number of H-pyrrole nitrogens is 1. The van der Waals surface area contributed by atoms with Crippen molar-refractivity contribution in [1.29, 1.82) is 0 Å². The van der Waals surface area contributed by atoms with Gasteiger partial charge >= 0.3 is 0 Å². The van der Waals surface area contributed by atoms with Gasteiger partial charge in [-0.2, -0.15) is 0 Å². The number of hydrogen-bond acceptors (Lipinski definition) is 4. The van der Waals surface area contributed by atoms with Crippen LogP contribution in [0.3, 0.4) is 0 Å². The van der Waals surface area contributed by atoms with E-state index in [1.165, 1.54) is 17.8 Å². The largest absolute Gasteiger partial charge is 0.508 e. The summed E-state index contributed by atoms with van der Waals surface area (Å²) in [7, 11) is 0. The monoisotopic (exact) mass is 299 g/mol. The number of fused-ring (bicyclic) bond motifs is 1. The molecule has 0 aliphatic heterocycles. The molecule has 3 rings (SSSR count). The Morgan fingerprint density at radius 2 is 2.10 bits per heavy atom. The first kappa shape index (κ1) is 13.5. The van der Waals surface area contributed by atoms with E-state index in [1.54, 1.807) is 18.2 Å². The average molecular weight is 299 g/mol. The minimum Gasteiger partial charge on any atom is -0.508 e. The van der Waals surface area contributed by atoms with Crippen molar-refractivity contribution in [3.63, 3.8) is 0 Å². The van der Waals surface area contributed by atoms with Crippen LogP contribution in [0.15, 0.2) is 53.7 Å². The zero-order chi connectivity index (χ0) is 14.7. The molecule has 1 amide bonds. The summed E-state index contributed by atoms with van der Waals surface area (Å²) in [5, 5.41) is 12.8. The van der Waals surface area contributed by atoms with Crippen LogP contribution in [-0.2, 0) is 4.79 Å². The third-order valence-corrected chi connectivity index (χ3v) is 3.71. The molecule has 0 aliphatic rings. The number of nitrogens with one attached hydrogen (secondary N) is 2. The normalized spacial score (nSPS) is 10.7. The maximum absolute atomic E-state index is 11.9. The molecule has 1 aromatic heterocycles. The van der Waals surface area contributed by atoms with Crippen LogP contribution in [0.1, 0.15) is 0 Å². The number of hydrogen-bond donors (Lipinski definition) is 3. The Morgan fingerprint density at radius 1 is 1.24 bits per heavy atom. The first-order valence-electron chi connectivity index (χ1n) is 6.37. The van der Waals surface area contributed by atoms with Gasteiger partial charge < -0.3 is 15.4 Å². The molecule has 0 saturated heterocycles. The standard InChI is InChI=1S/C15H13N3O2S/c19-11-5-3-4-10(8-11)16-14(20)9-21-15-17-12-6-1-2-7-13(12)18-15/h1-8,19H,9H2,(H,16,20)(H,17,18). The van der Waals surface area contributed by atoms with Crippen LogP contribution in [0.5, 0.6) is 5.75 Å². The molecule has 0 aliphatic carbocycles. The van der Waals surface area contributed by atoms with Gasteiger partial charge in [-0.05, 0) is 24.3 Å². The average Bonchev–Trinajstić information content (AvgIpc) is 2.88. The van der Waals surface area contributed by atoms with Gasteiger partial charge in [0.25, 0.3) is 0 Å². The van der Waals surface area contributed by atoms with Crippen LogP contribution in [0, 0.1) is 0 Å². The topological polar surface area (TPSA) is 78.0 Å². The van der Waals surface area contributed by atoms with E-state index in [9.17, 15) is 9.90 Å². The van der Waals surface area contributed by atoms with Gasteiger partial charge in [-0.15, -0.1) is 0 Å². The lowest BCUT2D eigenvalue weighted by Crippen LogP contribution is -2.13. The summed E-state index contributed by atoms with van der Waals surface area (Å²) in [5.74, 6) is 0.221. The third kappa shape index (κ3) is 3.35. The fourth-order valence-corrected chi connectivity index (χ4v) is 2.60. The Hall–Kier alpha value is -2.47. The van der Waals surface area contributed by atoms with Gasteiger partial charge in [0.1, 0.15) is 5.75 Å². The van der Waals surface area contributed by atoms with Gasteiger partial charge in [0.05, 0.1) is 16.8 Å². The minimum atomic E-state index is -0.147. The zero-order valence-electron chi connectivity index (χ0n) is 11.0. The molecule has 5 nitrogen and oxygen atoms in total. The number of nitrogens with zero attached hydrogens (tertiary/aromatic N) is 1. The summed E-state index contributed by atoms with van der Waals surface area (Å²) in [6.45, 7) is 0. The number of amides is 1. The number of benzene rings is 2. The third-order valence-electron chi connectivity index (χ3n) is 2.84. The molecular formula is C15H13N3O2S. The Bertz CT molecular complexity index is 752. The van der Waals surface area contributed by atoms with Crippen molar-refractivity contribution >= 4 is 34.4 Å². The first-order valence-corrected chi connectivity index (χ1v) is 7.36. The summed E-state index contributed by atoms with van der Waals surface area (Å²) in [5.41, 5.74) is 2.41. The number of phenolic OH excluding ortho intramolecular Hbond substituents is 1. The molecule has 0 bridgehead atoms. The summed E-state index contributed by atoms with van der Waals surface area (Å²) >= 11 is 1.34. The fraction of sp³-hybridized carbons (Fsp3) is 0.0667. The summed E-state index contributed by atoms with van der Waals surface area (Å²) in [6, 6.07) is 14.2. The zero-order valence-corrected chi connectivity index (χ0v) is 11.9. The highest BCUT2D eigenvalue weighted by Crippen LogP contribution is 2.20. The first-order chi connectivity index (χ1) is 10.2. The predicted octanol–water partition coefficient (Wildman–Crippen LogP) is 3.00. The van der Waals surface area contributed by atoms with Crippen LogP contribution in [-0.4, -0.2) is 26.7 Å². The number of anilines is 1. The number of thioether (sulfide) groups is 1. The molecule has 106 valence electrons. The van der Waals surface area contributed by atoms with E-state index in [0.717, 1.165) is 11.0 Å². The van der Waals surface area contributed by atoms with Gasteiger partial charge in [-0.25, -0.2) is 4.98 Å². The highest BCUT2D eigenvalue weighted by Gasteiger charge is 2.07. The second-order valence-electron chi connectivity index (χ2n) is 4.45. The molecular weight excluding hydrogens is 286 g/mol. The molecule has 0 atom stereocenters. The Balaban J connectivity index is 1.60.